The van der Waals surface area contributed by atoms with E-state index in [1.54, 1.807) is 0 Å². The number of hydrogen-bond acceptors (Lipinski definition) is 1. The van der Waals surface area contributed by atoms with Crippen LogP contribution in [0.3, 0.4) is 0 Å². The van der Waals surface area contributed by atoms with Gasteiger partial charge in [-0.05, 0) is 31.3 Å². The first-order valence-electron chi connectivity index (χ1n) is 5.05. The summed E-state index contributed by atoms with van der Waals surface area (Å²) in [4.78, 5) is 0. The van der Waals surface area contributed by atoms with Gasteiger partial charge in [0.2, 0.25) is 0 Å². The Morgan fingerprint density at radius 3 is 2.73 bits per heavy atom. The molecule has 0 aromatic carbocycles. The Hall–Kier alpha value is -0.0400. The minimum Gasteiger partial charge on any atom is -0.317 e. The molecule has 1 aliphatic carbocycles. The van der Waals surface area contributed by atoms with E-state index < -0.39 is 0 Å². The molecule has 0 heterocycles. The van der Waals surface area contributed by atoms with Gasteiger partial charge in [0.1, 0.15) is 0 Å². The molecule has 0 bridgehead atoms. The average molecular weight is 155 g/mol. The first-order valence-corrected chi connectivity index (χ1v) is 5.05. The Bertz CT molecular complexity index is 101. The first kappa shape index (κ1) is 9.05. The Balaban J connectivity index is 2.05. The molecule has 1 rings (SSSR count). The topological polar surface area (TPSA) is 12.0 Å². The van der Waals surface area contributed by atoms with Gasteiger partial charge in [-0.2, -0.15) is 0 Å². The summed E-state index contributed by atoms with van der Waals surface area (Å²) >= 11 is 0. The standard InChI is InChI=1S/C10H21N/c1-3-11-8-7-10-6-4-5-9(10)2/h9-11H,3-8H2,1-2H3. The van der Waals surface area contributed by atoms with E-state index in [9.17, 15) is 0 Å². The van der Waals surface area contributed by atoms with Crippen molar-refractivity contribution in [2.24, 2.45) is 11.8 Å². The molecule has 1 N–H and O–H groups in total. The SMILES string of the molecule is CCNCCC1CCCC1C. The summed E-state index contributed by atoms with van der Waals surface area (Å²) in [5, 5.41) is 3.40. The zero-order chi connectivity index (χ0) is 8.10. The molecule has 2 atom stereocenters. The predicted molar refractivity (Wildman–Crippen MR) is 49.7 cm³/mol. The molecule has 1 saturated carbocycles. The highest BCUT2D eigenvalue weighted by Crippen LogP contribution is 2.32. The van der Waals surface area contributed by atoms with Gasteiger partial charge in [-0.15, -0.1) is 0 Å². The summed E-state index contributed by atoms with van der Waals surface area (Å²) < 4.78 is 0. The molecule has 0 radical (unpaired) electrons. The fourth-order valence-electron chi connectivity index (χ4n) is 2.12. The van der Waals surface area contributed by atoms with Crippen molar-refractivity contribution in [2.45, 2.75) is 39.5 Å². The van der Waals surface area contributed by atoms with Gasteiger partial charge >= 0.3 is 0 Å². The van der Waals surface area contributed by atoms with Crippen molar-refractivity contribution >= 4 is 0 Å². The van der Waals surface area contributed by atoms with E-state index >= 15 is 0 Å². The van der Waals surface area contributed by atoms with Gasteiger partial charge in [0.25, 0.3) is 0 Å². The first-order chi connectivity index (χ1) is 5.34. The maximum Gasteiger partial charge on any atom is -0.00463 e. The van der Waals surface area contributed by atoms with E-state index in [4.69, 9.17) is 0 Å². The van der Waals surface area contributed by atoms with Crippen LogP contribution in [0.2, 0.25) is 0 Å². The van der Waals surface area contributed by atoms with Gasteiger partial charge < -0.3 is 5.32 Å². The lowest BCUT2D eigenvalue weighted by Gasteiger charge is -2.14. The van der Waals surface area contributed by atoms with Crippen molar-refractivity contribution in [3.63, 3.8) is 0 Å². The maximum atomic E-state index is 3.40. The molecular weight excluding hydrogens is 134 g/mol. The fraction of sp³-hybridized carbons (Fsp3) is 1.00. The highest BCUT2D eigenvalue weighted by molar-refractivity contribution is 4.74. The smallest absolute Gasteiger partial charge is 0.00463 e. The summed E-state index contributed by atoms with van der Waals surface area (Å²) in [6, 6.07) is 0. The lowest BCUT2D eigenvalue weighted by molar-refractivity contribution is 0.384. The second kappa shape index (κ2) is 4.76. The normalized spacial score (nSPS) is 31.1. The van der Waals surface area contributed by atoms with Gasteiger partial charge in [0.15, 0.2) is 0 Å². The third-order valence-corrected chi connectivity index (χ3v) is 2.98. The van der Waals surface area contributed by atoms with Crippen LogP contribution in [0.4, 0.5) is 0 Å². The summed E-state index contributed by atoms with van der Waals surface area (Å²) in [5.41, 5.74) is 0. The number of rotatable bonds is 4. The van der Waals surface area contributed by atoms with E-state index in [0.717, 1.165) is 18.4 Å². The predicted octanol–water partition coefficient (Wildman–Crippen LogP) is 2.42. The lowest BCUT2D eigenvalue weighted by Crippen LogP contribution is -2.18. The molecule has 0 aromatic heterocycles. The van der Waals surface area contributed by atoms with Crippen molar-refractivity contribution in [3.8, 4) is 0 Å². The molecule has 1 aliphatic rings. The second-order valence-corrected chi connectivity index (χ2v) is 3.81. The van der Waals surface area contributed by atoms with Crippen LogP contribution in [-0.2, 0) is 0 Å². The van der Waals surface area contributed by atoms with Crippen molar-refractivity contribution in [2.75, 3.05) is 13.1 Å². The van der Waals surface area contributed by atoms with Crippen LogP contribution in [0, 0.1) is 11.8 Å². The monoisotopic (exact) mass is 155 g/mol. The largest absolute Gasteiger partial charge is 0.317 e. The summed E-state index contributed by atoms with van der Waals surface area (Å²) in [5.74, 6) is 2.02. The third-order valence-electron chi connectivity index (χ3n) is 2.98. The highest BCUT2D eigenvalue weighted by Gasteiger charge is 2.22. The Morgan fingerprint density at radius 1 is 1.36 bits per heavy atom. The number of hydrogen-bond donors (Lipinski definition) is 1. The number of nitrogens with one attached hydrogen (secondary N) is 1. The van der Waals surface area contributed by atoms with Crippen LogP contribution < -0.4 is 5.32 Å². The van der Waals surface area contributed by atoms with E-state index in [-0.39, 0.29) is 0 Å². The average Bonchev–Trinajstić information content (AvgIpc) is 2.37. The second-order valence-electron chi connectivity index (χ2n) is 3.81. The molecule has 1 nitrogen and oxygen atoms in total. The van der Waals surface area contributed by atoms with Crippen LogP contribution in [0.1, 0.15) is 39.5 Å². The summed E-state index contributed by atoms with van der Waals surface area (Å²) in [7, 11) is 0. The molecule has 0 amide bonds. The van der Waals surface area contributed by atoms with E-state index in [1.807, 2.05) is 0 Å². The minimum atomic E-state index is 0.994. The molecular formula is C10H21N. The lowest BCUT2D eigenvalue weighted by atomic mass is 9.95. The van der Waals surface area contributed by atoms with Crippen molar-refractivity contribution in [3.05, 3.63) is 0 Å². The van der Waals surface area contributed by atoms with E-state index in [2.05, 4.69) is 19.2 Å². The molecule has 0 aliphatic heterocycles. The van der Waals surface area contributed by atoms with Gasteiger partial charge in [0, 0.05) is 0 Å². The summed E-state index contributed by atoms with van der Waals surface area (Å²) in [6.07, 6.45) is 5.82. The van der Waals surface area contributed by atoms with Crippen LogP contribution in [0.15, 0.2) is 0 Å². The van der Waals surface area contributed by atoms with Gasteiger partial charge in [0.05, 0.1) is 0 Å². The van der Waals surface area contributed by atoms with Crippen LogP contribution in [0.25, 0.3) is 0 Å². The minimum absolute atomic E-state index is 0.994. The van der Waals surface area contributed by atoms with Crippen LogP contribution >= 0.6 is 0 Å². The third kappa shape index (κ3) is 2.82. The molecule has 1 fully saturated rings. The molecule has 2 unspecified atom stereocenters. The molecule has 0 saturated heterocycles. The molecule has 0 aromatic rings. The highest BCUT2D eigenvalue weighted by atomic mass is 14.8. The molecule has 1 heteroatoms. The van der Waals surface area contributed by atoms with Crippen molar-refractivity contribution < 1.29 is 0 Å². The summed E-state index contributed by atoms with van der Waals surface area (Å²) in [6.45, 7) is 6.94. The van der Waals surface area contributed by atoms with E-state index in [0.29, 0.717) is 0 Å². The Morgan fingerprint density at radius 2 is 2.18 bits per heavy atom. The Kier molecular flexibility index (Phi) is 3.92. The maximum absolute atomic E-state index is 3.40. The van der Waals surface area contributed by atoms with E-state index in [1.165, 1.54) is 32.2 Å². The zero-order valence-corrected chi connectivity index (χ0v) is 7.90. The molecule has 0 spiro atoms. The van der Waals surface area contributed by atoms with Gasteiger partial charge in [-0.3, -0.25) is 0 Å². The Labute approximate surface area is 70.6 Å². The quantitative estimate of drug-likeness (QED) is 0.615. The van der Waals surface area contributed by atoms with Gasteiger partial charge in [-0.25, -0.2) is 0 Å². The van der Waals surface area contributed by atoms with Crippen LogP contribution in [0.5, 0.6) is 0 Å². The fourth-order valence-corrected chi connectivity index (χ4v) is 2.12. The molecule has 11 heavy (non-hydrogen) atoms. The van der Waals surface area contributed by atoms with Crippen LogP contribution in [-0.4, -0.2) is 13.1 Å². The van der Waals surface area contributed by atoms with Crippen molar-refractivity contribution in [1.82, 2.24) is 5.32 Å². The molecule has 66 valence electrons. The van der Waals surface area contributed by atoms with Gasteiger partial charge in [-0.1, -0.05) is 33.1 Å². The zero-order valence-electron chi connectivity index (χ0n) is 7.90. The van der Waals surface area contributed by atoms with Crippen molar-refractivity contribution in [1.29, 1.82) is 0 Å².